The second kappa shape index (κ2) is 6.05. The third kappa shape index (κ3) is 2.64. The molecule has 3 rings (SSSR count). The summed E-state index contributed by atoms with van der Waals surface area (Å²) in [5.41, 5.74) is 8.06. The largest absolute Gasteiger partial charge is 0.384 e. The van der Waals surface area contributed by atoms with Gasteiger partial charge in [-0.05, 0) is 62.6 Å². The van der Waals surface area contributed by atoms with Gasteiger partial charge >= 0.3 is 0 Å². The molecule has 2 heteroatoms. The summed E-state index contributed by atoms with van der Waals surface area (Å²) in [7, 11) is 0. The Morgan fingerprint density at radius 1 is 1.10 bits per heavy atom. The normalized spacial score (nSPS) is 14.8. The van der Waals surface area contributed by atoms with Gasteiger partial charge in [-0.1, -0.05) is 25.5 Å². The summed E-state index contributed by atoms with van der Waals surface area (Å²) < 4.78 is 0. The number of rotatable bonds is 3. The molecule has 0 unspecified atom stereocenters. The minimum Gasteiger partial charge on any atom is -0.384 e. The highest BCUT2D eigenvalue weighted by molar-refractivity contribution is 5.95. The first-order chi connectivity index (χ1) is 10.2. The number of hydrogen-bond acceptors (Lipinski definition) is 2. The van der Waals surface area contributed by atoms with E-state index in [1.54, 1.807) is 0 Å². The van der Waals surface area contributed by atoms with Crippen LogP contribution in [0.5, 0.6) is 0 Å². The molecule has 0 aliphatic heterocycles. The van der Waals surface area contributed by atoms with E-state index >= 15 is 0 Å². The van der Waals surface area contributed by atoms with Crippen molar-refractivity contribution in [2.24, 2.45) is 0 Å². The van der Waals surface area contributed by atoms with Crippen molar-refractivity contribution in [3.05, 3.63) is 34.5 Å². The van der Waals surface area contributed by atoms with Crippen LogP contribution in [0.1, 0.15) is 55.0 Å². The van der Waals surface area contributed by atoms with Crippen LogP contribution >= 0.6 is 0 Å². The predicted molar refractivity (Wildman–Crippen MR) is 91.3 cm³/mol. The number of pyridine rings is 1. The second-order valence-electron chi connectivity index (χ2n) is 6.30. The molecule has 0 spiro atoms. The van der Waals surface area contributed by atoms with Crippen molar-refractivity contribution in [2.75, 3.05) is 11.9 Å². The minimum absolute atomic E-state index is 1.04. The van der Waals surface area contributed by atoms with Crippen LogP contribution in [0.3, 0.4) is 0 Å². The van der Waals surface area contributed by atoms with Gasteiger partial charge in [0.2, 0.25) is 0 Å². The van der Waals surface area contributed by atoms with Crippen LogP contribution < -0.4 is 5.32 Å². The standard InChI is InChI=1S/C19H26N2/c1-4-12-20-19-15-8-6-5-7-9-17(15)21-18-14(3)13(2)10-11-16(18)19/h10-11H,4-9,12H2,1-3H3,(H,20,21). The molecule has 1 heterocycles. The first-order valence-corrected chi connectivity index (χ1v) is 8.38. The second-order valence-corrected chi connectivity index (χ2v) is 6.30. The molecule has 1 aliphatic carbocycles. The highest BCUT2D eigenvalue weighted by atomic mass is 14.9. The van der Waals surface area contributed by atoms with Gasteiger partial charge in [0.25, 0.3) is 0 Å². The number of anilines is 1. The molecule has 0 saturated heterocycles. The van der Waals surface area contributed by atoms with Crippen molar-refractivity contribution in [2.45, 2.75) is 59.3 Å². The van der Waals surface area contributed by atoms with Gasteiger partial charge < -0.3 is 5.32 Å². The monoisotopic (exact) mass is 282 g/mol. The fourth-order valence-electron chi connectivity index (χ4n) is 3.36. The van der Waals surface area contributed by atoms with E-state index < -0.39 is 0 Å². The highest BCUT2D eigenvalue weighted by Crippen LogP contribution is 2.34. The Morgan fingerprint density at radius 2 is 1.90 bits per heavy atom. The first kappa shape index (κ1) is 14.4. The molecular weight excluding hydrogens is 256 g/mol. The Kier molecular flexibility index (Phi) is 4.14. The molecule has 0 fully saturated rings. The van der Waals surface area contributed by atoms with Crippen LogP contribution in [0.2, 0.25) is 0 Å². The average molecular weight is 282 g/mol. The molecule has 2 nitrogen and oxygen atoms in total. The SMILES string of the molecule is CCCNc1c2c(nc3c(C)c(C)ccc13)CCCCC2. The van der Waals surface area contributed by atoms with E-state index in [0.29, 0.717) is 0 Å². The van der Waals surface area contributed by atoms with E-state index in [4.69, 9.17) is 4.98 Å². The summed E-state index contributed by atoms with van der Waals surface area (Å²) in [5.74, 6) is 0. The number of benzene rings is 1. The van der Waals surface area contributed by atoms with E-state index in [1.165, 1.54) is 64.7 Å². The number of nitrogens with zero attached hydrogens (tertiary/aromatic N) is 1. The summed E-state index contributed by atoms with van der Waals surface area (Å²) in [4.78, 5) is 5.06. The van der Waals surface area contributed by atoms with Crippen molar-refractivity contribution in [3.63, 3.8) is 0 Å². The van der Waals surface area contributed by atoms with Gasteiger partial charge in [-0.3, -0.25) is 4.98 Å². The Labute approximate surface area is 128 Å². The smallest absolute Gasteiger partial charge is 0.0758 e. The molecule has 0 saturated carbocycles. The molecule has 1 aliphatic rings. The van der Waals surface area contributed by atoms with Gasteiger partial charge in [0.15, 0.2) is 0 Å². The lowest BCUT2D eigenvalue weighted by molar-refractivity contribution is 0.709. The first-order valence-electron chi connectivity index (χ1n) is 8.38. The Morgan fingerprint density at radius 3 is 2.71 bits per heavy atom. The molecule has 1 aromatic heterocycles. The Balaban J connectivity index is 2.26. The van der Waals surface area contributed by atoms with Crippen LogP contribution in [0.4, 0.5) is 5.69 Å². The zero-order valence-electron chi connectivity index (χ0n) is 13.6. The molecule has 112 valence electrons. The molecule has 2 aromatic rings. The molecule has 1 aromatic carbocycles. The third-order valence-electron chi connectivity index (χ3n) is 4.76. The van der Waals surface area contributed by atoms with Crippen LogP contribution in [-0.4, -0.2) is 11.5 Å². The van der Waals surface area contributed by atoms with Crippen LogP contribution in [-0.2, 0) is 12.8 Å². The number of hydrogen-bond donors (Lipinski definition) is 1. The van der Waals surface area contributed by atoms with E-state index in [1.807, 2.05) is 0 Å². The van der Waals surface area contributed by atoms with Crippen LogP contribution in [0.15, 0.2) is 12.1 Å². The fraction of sp³-hybridized carbons (Fsp3) is 0.526. The summed E-state index contributed by atoms with van der Waals surface area (Å²) in [6.45, 7) is 7.65. The lowest BCUT2D eigenvalue weighted by Crippen LogP contribution is -2.08. The average Bonchev–Trinajstić information content (AvgIpc) is 2.73. The van der Waals surface area contributed by atoms with Crippen LogP contribution in [0, 0.1) is 13.8 Å². The summed E-state index contributed by atoms with van der Waals surface area (Å²) in [6, 6.07) is 4.49. The van der Waals surface area contributed by atoms with Crippen molar-refractivity contribution < 1.29 is 0 Å². The van der Waals surface area contributed by atoms with Gasteiger partial charge in [0.1, 0.15) is 0 Å². The minimum atomic E-state index is 1.04. The van der Waals surface area contributed by atoms with Crippen molar-refractivity contribution in [3.8, 4) is 0 Å². The van der Waals surface area contributed by atoms with Crippen molar-refractivity contribution >= 4 is 16.6 Å². The maximum absolute atomic E-state index is 5.06. The van der Waals surface area contributed by atoms with Gasteiger partial charge in [-0.15, -0.1) is 0 Å². The zero-order chi connectivity index (χ0) is 14.8. The van der Waals surface area contributed by atoms with Crippen molar-refractivity contribution in [1.29, 1.82) is 0 Å². The van der Waals surface area contributed by atoms with Gasteiger partial charge in [0.05, 0.1) is 5.52 Å². The molecule has 21 heavy (non-hydrogen) atoms. The molecule has 0 bridgehead atoms. The number of aromatic nitrogens is 1. The van der Waals surface area contributed by atoms with Crippen molar-refractivity contribution in [1.82, 2.24) is 4.98 Å². The van der Waals surface area contributed by atoms with Gasteiger partial charge in [-0.25, -0.2) is 0 Å². The number of nitrogens with one attached hydrogen (secondary N) is 1. The van der Waals surface area contributed by atoms with Gasteiger partial charge in [-0.2, -0.15) is 0 Å². The molecule has 0 amide bonds. The summed E-state index contributed by atoms with van der Waals surface area (Å²) in [5, 5.41) is 5.01. The quantitative estimate of drug-likeness (QED) is 0.806. The fourth-order valence-corrected chi connectivity index (χ4v) is 3.36. The zero-order valence-corrected chi connectivity index (χ0v) is 13.6. The van der Waals surface area contributed by atoms with E-state index in [2.05, 4.69) is 38.2 Å². The van der Waals surface area contributed by atoms with E-state index in [9.17, 15) is 0 Å². The lowest BCUT2D eigenvalue weighted by Gasteiger charge is -2.18. The molecular formula is C19H26N2. The number of aryl methyl sites for hydroxylation is 3. The Bertz CT molecular complexity index is 658. The predicted octanol–water partition coefficient (Wildman–Crippen LogP) is 4.94. The maximum Gasteiger partial charge on any atom is 0.0758 e. The maximum atomic E-state index is 5.06. The van der Waals surface area contributed by atoms with Gasteiger partial charge in [0, 0.05) is 23.3 Å². The third-order valence-corrected chi connectivity index (χ3v) is 4.76. The lowest BCUT2D eigenvalue weighted by atomic mass is 9.98. The summed E-state index contributed by atoms with van der Waals surface area (Å²) >= 11 is 0. The number of fused-ring (bicyclic) bond motifs is 2. The topological polar surface area (TPSA) is 24.9 Å². The van der Waals surface area contributed by atoms with E-state index in [0.717, 1.165) is 19.4 Å². The Hall–Kier alpha value is -1.57. The molecule has 0 radical (unpaired) electrons. The molecule has 0 atom stereocenters. The highest BCUT2D eigenvalue weighted by Gasteiger charge is 2.18. The van der Waals surface area contributed by atoms with Crippen LogP contribution in [0.25, 0.3) is 10.9 Å². The molecule has 1 N–H and O–H groups in total. The summed E-state index contributed by atoms with van der Waals surface area (Å²) in [6.07, 6.45) is 7.38. The van der Waals surface area contributed by atoms with E-state index in [-0.39, 0.29) is 0 Å².